The Hall–Kier alpha value is -7.15. The lowest BCUT2D eigenvalue weighted by Crippen LogP contribution is -2.59. The Morgan fingerprint density at radius 1 is 0.766 bits per heavy atom. The van der Waals surface area contributed by atoms with Gasteiger partial charge in [0.2, 0.25) is 0 Å². The molecule has 12 aliphatic rings. The number of aliphatic hydroxyl groups is 3. The Morgan fingerprint density at radius 3 is 2.40 bits per heavy atom. The van der Waals surface area contributed by atoms with Gasteiger partial charge in [-0.3, -0.25) is 4.79 Å². The summed E-state index contributed by atoms with van der Waals surface area (Å²) < 4.78 is 34.7. The van der Waals surface area contributed by atoms with Crippen molar-refractivity contribution in [3.05, 3.63) is 215 Å². The van der Waals surface area contributed by atoms with Crippen LogP contribution in [0.4, 0.5) is 0 Å². The molecule has 2 spiro atoms. The van der Waals surface area contributed by atoms with Crippen LogP contribution in [0.5, 0.6) is 5.75 Å². The SMILES string of the molecule is COCC(CCO)c1c(CO)c2ccc3c(c2oc1=O)C1OC(=O)CC2CC(c4cccc5c4CCC4CCCC6C=Cc7ccccc7C564)C=CC2c2ccc4c(c2)C2CC5C6C=Cc7ccccc7C6CC5C(C)(O3)C1OC(=O)C(=C(C)CO)CC4C1(CCCC1)C2. The van der Waals surface area contributed by atoms with Crippen LogP contribution in [-0.4, -0.2) is 65.9 Å². The van der Waals surface area contributed by atoms with Crippen molar-refractivity contribution in [1.82, 2.24) is 0 Å². The lowest BCUT2D eigenvalue weighted by atomic mass is 9.48. The van der Waals surface area contributed by atoms with Gasteiger partial charge in [-0.05, 0) is 223 Å². The summed E-state index contributed by atoms with van der Waals surface area (Å²) in [5.41, 5.74) is 12.9. The third-order valence-electron chi connectivity index (χ3n) is 26.5. The summed E-state index contributed by atoms with van der Waals surface area (Å²) in [5, 5.41) is 33.5. The first-order valence-corrected chi connectivity index (χ1v) is 35.6. The minimum Gasteiger partial charge on any atom is -0.483 e. The quantitative estimate of drug-likeness (QED) is 0.0576. The number of aliphatic hydroxyl groups excluding tert-OH is 3. The Morgan fingerprint density at radius 2 is 1.57 bits per heavy atom. The summed E-state index contributed by atoms with van der Waals surface area (Å²) in [6, 6.07) is 35.9. The average Bonchev–Trinajstić information content (AvgIpc) is 0.956. The number of benzene rings is 5. The van der Waals surface area contributed by atoms with E-state index >= 15 is 9.59 Å². The molecule has 11 nitrogen and oxygen atoms in total. The number of allylic oxidation sites excluding steroid dienone is 4. The maximum Gasteiger partial charge on any atom is 0.340 e. The fourth-order valence-corrected chi connectivity index (χ4v) is 22.5. The van der Waals surface area contributed by atoms with Gasteiger partial charge in [0.25, 0.3) is 0 Å². The van der Waals surface area contributed by atoms with Crippen LogP contribution in [-0.2, 0) is 42.2 Å². The topological polar surface area (TPSA) is 162 Å². The second-order valence-electron chi connectivity index (χ2n) is 30.6. The van der Waals surface area contributed by atoms with Crippen LogP contribution < -0.4 is 10.4 Å². The Kier molecular flexibility index (Phi) is 15.0. The molecule has 3 saturated carbocycles. The van der Waals surface area contributed by atoms with Gasteiger partial charge >= 0.3 is 17.6 Å². The number of carbonyl (C=O) groups is 2. The average molecular weight is 1260 g/mol. The molecule has 4 fully saturated rings. The van der Waals surface area contributed by atoms with Crippen molar-refractivity contribution in [3.8, 4) is 5.75 Å². The van der Waals surface area contributed by atoms with Crippen LogP contribution in [0.15, 0.2) is 142 Å². The summed E-state index contributed by atoms with van der Waals surface area (Å²) in [5.74, 6) is -0.702. The second kappa shape index (κ2) is 23.3. The predicted molar refractivity (Wildman–Crippen MR) is 361 cm³/mol. The summed E-state index contributed by atoms with van der Waals surface area (Å²) in [4.78, 5) is 47.5. The van der Waals surface area contributed by atoms with Crippen LogP contribution in [0.3, 0.4) is 0 Å². The van der Waals surface area contributed by atoms with Gasteiger partial charge < -0.3 is 38.7 Å². The molecule has 486 valence electrons. The number of hydrogen-bond acceptors (Lipinski definition) is 11. The fourth-order valence-electron chi connectivity index (χ4n) is 22.5. The number of methoxy groups -OCH3 is 1. The van der Waals surface area contributed by atoms with E-state index in [1.807, 2.05) is 19.1 Å². The van der Waals surface area contributed by atoms with Crippen LogP contribution >= 0.6 is 0 Å². The number of hydrogen-bond donors (Lipinski definition) is 3. The van der Waals surface area contributed by atoms with E-state index in [4.69, 9.17) is 23.4 Å². The zero-order chi connectivity index (χ0) is 63.9. The molecule has 16 atom stereocenters. The van der Waals surface area contributed by atoms with Crippen molar-refractivity contribution in [2.24, 2.45) is 40.9 Å². The van der Waals surface area contributed by atoms with Crippen LogP contribution in [0.2, 0.25) is 0 Å². The molecule has 3 N–H and O–H groups in total. The molecular weight excluding hydrogens is 1170 g/mol. The molecule has 4 aliphatic heterocycles. The standard InChI is InChI=1S/C83H88O11/c1-46(43-85)63-40-71-61-28-23-50-37-64(61)53(42-82(71)33-8-9-34-82)38-66-59-27-21-47-12-4-6-16-57(47)65(59)41-70(66)81(2)78(93-79(63)88)77(75-72(94-81)31-30-62-67(44-86)74(80(89)92-76(62)75)51(32-35-84)45-90-3)91-73(87)39-52-36-49(22-26-56(50)52)58-17-11-19-69-60(58)29-25-55-15-10-14-54-24-20-48-13-5-7-18-68(48)83(54,55)69/h4-7,11-13,16-24,26-28,30-31,37,49,51-56,59,65-66,70-71,77-78,84-86H,8-10,14-15,25,29,32-36,38-45H2,1-3H3. The molecule has 11 heteroatoms. The van der Waals surface area contributed by atoms with Crippen LogP contribution in [0.1, 0.15) is 224 Å². The van der Waals surface area contributed by atoms with E-state index < -0.39 is 47.9 Å². The predicted octanol–water partition coefficient (Wildman–Crippen LogP) is 15.6. The summed E-state index contributed by atoms with van der Waals surface area (Å²) in [7, 11) is 1.53. The molecule has 6 aromatic rings. The smallest absolute Gasteiger partial charge is 0.340 e. The minimum atomic E-state index is -1.37. The van der Waals surface area contributed by atoms with E-state index in [1.165, 1.54) is 82.0 Å². The molecule has 18 rings (SSSR count). The monoisotopic (exact) mass is 1260 g/mol. The highest BCUT2D eigenvalue weighted by molar-refractivity contribution is 5.91. The number of fused-ring (bicyclic) bond motifs is 15. The fraction of sp³-hybridized carbons (Fsp3) is 0.482. The zero-order valence-corrected chi connectivity index (χ0v) is 54.5. The third kappa shape index (κ3) is 9.11. The van der Waals surface area contributed by atoms with Crippen molar-refractivity contribution < 1.29 is 48.3 Å². The number of carbonyl (C=O) groups excluding carboxylic acids is 2. The van der Waals surface area contributed by atoms with Crippen molar-refractivity contribution in [3.63, 3.8) is 0 Å². The summed E-state index contributed by atoms with van der Waals surface area (Å²) >= 11 is 0. The highest BCUT2D eigenvalue weighted by Gasteiger charge is 2.64. The van der Waals surface area contributed by atoms with Crippen molar-refractivity contribution in [2.45, 2.75) is 182 Å². The summed E-state index contributed by atoms with van der Waals surface area (Å²) in [6.07, 6.45) is 25.8. The van der Waals surface area contributed by atoms with E-state index in [9.17, 15) is 20.1 Å². The van der Waals surface area contributed by atoms with Crippen molar-refractivity contribution in [2.75, 3.05) is 26.9 Å². The van der Waals surface area contributed by atoms with Gasteiger partial charge in [-0.25, -0.2) is 9.59 Å². The molecule has 94 heavy (non-hydrogen) atoms. The highest BCUT2D eigenvalue weighted by atomic mass is 16.6. The highest BCUT2D eigenvalue weighted by Crippen LogP contribution is 2.67. The first-order chi connectivity index (χ1) is 45.9. The normalized spacial score (nSPS) is 33.6. The van der Waals surface area contributed by atoms with E-state index in [1.54, 1.807) is 0 Å². The molecular formula is C83H88O11. The van der Waals surface area contributed by atoms with Gasteiger partial charge in [0.1, 0.15) is 11.3 Å². The molecule has 1 saturated heterocycles. The first-order valence-electron chi connectivity index (χ1n) is 35.6. The molecule has 5 aromatic carbocycles. The summed E-state index contributed by atoms with van der Waals surface area (Å²) in [6.45, 7) is 2.87. The zero-order valence-electron chi connectivity index (χ0n) is 54.5. The Labute approximate surface area is 551 Å². The molecule has 16 unspecified atom stereocenters. The number of rotatable bonds is 8. The van der Waals surface area contributed by atoms with Crippen LogP contribution in [0.25, 0.3) is 23.1 Å². The molecule has 7 bridgehead atoms. The second-order valence-corrected chi connectivity index (χ2v) is 30.6. The molecule has 1 aromatic heterocycles. The van der Waals surface area contributed by atoms with E-state index in [2.05, 4.69) is 128 Å². The first kappa shape index (κ1) is 60.5. The Bertz CT molecular complexity index is 4250. The van der Waals surface area contributed by atoms with Gasteiger partial charge in [0.05, 0.1) is 25.4 Å². The van der Waals surface area contributed by atoms with E-state index in [0.717, 1.165) is 51.4 Å². The molecule has 0 amide bonds. The van der Waals surface area contributed by atoms with Gasteiger partial charge in [0, 0.05) is 65.7 Å². The van der Waals surface area contributed by atoms with Gasteiger partial charge in [-0.15, -0.1) is 0 Å². The lowest BCUT2D eigenvalue weighted by Gasteiger charge is -2.55. The van der Waals surface area contributed by atoms with Gasteiger partial charge in [-0.1, -0.05) is 141 Å². The lowest BCUT2D eigenvalue weighted by molar-refractivity contribution is -0.202. The van der Waals surface area contributed by atoms with Crippen molar-refractivity contribution in [1.29, 1.82) is 0 Å². The van der Waals surface area contributed by atoms with Gasteiger partial charge in [0.15, 0.2) is 17.8 Å². The maximum atomic E-state index is 16.3. The van der Waals surface area contributed by atoms with E-state index in [0.29, 0.717) is 58.9 Å². The Balaban J connectivity index is 0.888. The van der Waals surface area contributed by atoms with Crippen LogP contribution in [0, 0.1) is 40.9 Å². The number of esters is 2. The van der Waals surface area contributed by atoms with Crippen molar-refractivity contribution >= 4 is 35.1 Å². The number of ether oxygens (including phenoxy) is 4. The van der Waals surface area contributed by atoms with Gasteiger partial charge in [-0.2, -0.15) is 0 Å². The molecule has 5 heterocycles. The largest absolute Gasteiger partial charge is 0.483 e. The molecule has 8 aliphatic carbocycles. The van der Waals surface area contributed by atoms with E-state index in [-0.39, 0.29) is 113 Å². The molecule has 0 radical (unpaired) electrons. The third-order valence-corrected chi connectivity index (χ3v) is 26.5. The maximum absolute atomic E-state index is 16.3. The minimum absolute atomic E-state index is 0.00169.